The van der Waals surface area contributed by atoms with Crippen LogP contribution in [-0.4, -0.2) is 35.9 Å². The SMILES string of the molecule is Cc1cc(C)cc(NC(=O)COC(=O)CCNC(=O)c2ccc([N+](=O)[O-])cc2)c1. The predicted octanol–water partition coefficient (Wildman–Crippen LogP) is 2.51. The van der Waals surface area contributed by atoms with E-state index in [9.17, 15) is 24.5 Å². The van der Waals surface area contributed by atoms with Crippen molar-refractivity contribution >= 4 is 29.2 Å². The second kappa shape index (κ2) is 9.98. The largest absolute Gasteiger partial charge is 0.456 e. The summed E-state index contributed by atoms with van der Waals surface area (Å²) in [5.74, 6) is -1.57. The Morgan fingerprint density at radius 3 is 2.24 bits per heavy atom. The van der Waals surface area contributed by atoms with Crippen LogP contribution in [0.15, 0.2) is 42.5 Å². The summed E-state index contributed by atoms with van der Waals surface area (Å²) in [6, 6.07) is 10.7. The Morgan fingerprint density at radius 1 is 1.03 bits per heavy atom. The van der Waals surface area contributed by atoms with Crippen LogP contribution in [0, 0.1) is 24.0 Å². The zero-order valence-electron chi connectivity index (χ0n) is 16.1. The highest BCUT2D eigenvalue weighted by Gasteiger charge is 2.11. The minimum absolute atomic E-state index is 0.00729. The van der Waals surface area contributed by atoms with E-state index in [4.69, 9.17) is 4.74 Å². The smallest absolute Gasteiger partial charge is 0.308 e. The molecule has 2 rings (SSSR count). The molecule has 0 fully saturated rings. The second-order valence-electron chi connectivity index (χ2n) is 6.40. The maximum Gasteiger partial charge on any atom is 0.308 e. The minimum Gasteiger partial charge on any atom is -0.456 e. The predicted molar refractivity (Wildman–Crippen MR) is 106 cm³/mol. The van der Waals surface area contributed by atoms with Gasteiger partial charge in [0.1, 0.15) is 0 Å². The number of aryl methyl sites for hydroxylation is 2. The summed E-state index contributed by atoms with van der Waals surface area (Å²) in [6.07, 6.45) is -0.116. The highest BCUT2D eigenvalue weighted by atomic mass is 16.6. The molecular formula is C20H21N3O6. The van der Waals surface area contributed by atoms with Crippen molar-refractivity contribution in [2.24, 2.45) is 0 Å². The number of anilines is 1. The van der Waals surface area contributed by atoms with Gasteiger partial charge in [-0.05, 0) is 49.2 Å². The summed E-state index contributed by atoms with van der Waals surface area (Å²) < 4.78 is 4.89. The third-order valence-corrected chi connectivity index (χ3v) is 3.82. The molecule has 0 aromatic heterocycles. The summed E-state index contributed by atoms with van der Waals surface area (Å²) in [5.41, 5.74) is 2.74. The molecule has 9 nitrogen and oxygen atoms in total. The Balaban J connectivity index is 1.70. The molecule has 29 heavy (non-hydrogen) atoms. The van der Waals surface area contributed by atoms with Gasteiger partial charge < -0.3 is 15.4 Å². The van der Waals surface area contributed by atoms with E-state index in [1.165, 1.54) is 24.3 Å². The number of rotatable bonds is 8. The number of nitrogens with zero attached hydrogens (tertiary/aromatic N) is 1. The summed E-state index contributed by atoms with van der Waals surface area (Å²) in [6.45, 7) is 3.40. The van der Waals surface area contributed by atoms with Crippen molar-refractivity contribution in [1.29, 1.82) is 0 Å². The number of carbonyl (C=O) groups excluding carboxylic acids is 3. The summed E-state index contributed by atoms with van der Waals surface area (Å²) in [4.78, 5) is 45.6. The highest BCUT2D eigenvalue weighted by molar-refractivity contribution is 5.95. The number of non-ortho nitro benzene ring substituents is 1. The van der Waals surface area contributed by atoms with E-state index >= 15 is 0 Å². The number of hydrogen-bond acceptors (Lipinski definition) is 6. The van der Waals surface area contributed by atoms with E-state index in [0.717, 1.165) is 11.1 Å². The Labute approximate surface area is 167 Å². The number of carbonyl (C=O) groups is 3. The van der Waals surface area contributed by atoms with Crippen molar-refractivity contribution in [3.05, 3.63) is 69.3 Å². The lowest BCUT2D eigenvalue weighted by atomic mass is 10.1. The average molecular weight is 399 g/mol. The molecule has 0 heterocycles. The first-order valence-corrected chi connectivity index (χ1v) is 8.81. The fraction of sp³-hybridized carbons (Fsp3) is 0.250. The third kappa shape index (κ3) is 7.06. The summed E-state index contributed by atoms with van der Waals surface area (Å²) in [5, 5.41) is 15.8. The van der Waals surface area contributed by atoms with E-state index < -0.39 is 29.3 Å². The number of nitro groups is 1. The number of nitrogens with one attached hydrogen (secondary N) is 2. The molecule has 2 amide bonds. The van der Waals surface area contributed by atoms with Crippen LogP contribution >= 0.6 is 0 Å². The minimum atomic E-state index is -0.635. The third-order valence-electron chi connectivity index (χ3n) is 3.82. The molecule has 2 aromatic carbocycles. The van der Waals surface area contributed by atoms with Crippen molar-refractivity contribution in [3.63, 3.8) is 0 Å². The fourth-order valence-corrected chi connectivity index (χ4v) is 2.58. The Hall–Kier alpha value is -3.75. The van der Waals surface area contributed by atoms with Crippen molar-refractivity contribution in [2.45, 2.75) is 20.3 Å². The van der Waals surface area contributed by atoms with Crippen LogP contribution in [0.2, 0.25) is 0 Å². The molecule has 152 valence electrons. The van der Waals surface area contributed by atoms with Crippen LogP contribution in [0.4, 0.5) is 11.4 Å². The van der Waals surface area contributed by atoms with Gasteiger partial charge in [0.25, 0.3) is 17.5 Å². The molecule has 0 saturated carbocycles. The van der Waals surface area contributed by atoms with Crippen molar-refractivity contribution in [2.75, 3.05) is 18.5 Å². The molecular weight excluding hydrogens is 378 g/mol. The highest BCUT2D eigenvalue weighted by Crippen LogP contribution is 2.14. The Kier molecular flexibility index (Phi) is 7.41. The molecule has 0 aliphatic heterocycles. The lowest BCUT2D eigenvalue weighted by molar-refractivity contribution is -0.384. The number of benzene rings is 2. The number of ether oxygens (including phenoxy) is 1. The van der Waals surface area contributed by atoms with Crippen LogP contribution in [0.5, 0.6) is 0 Å². The van der Waals surface area contributed by atoms with Gasteiger partial charge in [-0.2, -0.15) is 0 Å². The molecule has 0 spiro atoms. The molecule has 0 bridgehead atoms. The molecule has 0 unspecified atom stereocenters. The van der Waals surface area contributed by atoms with Crippen molar-refractivity contribution in [1.82, 2.24) is 5.32 Å². The van der Waals surface area contributed by atoms with Gasteiger partial charge in [0, 0.05) is 29.9 Å². The van der Waals surface area contributed by atoms with Crippen molar-refractivity contribution in [3.8, 4) is 0 Å². The second-order valence-corrected chi connectivity index (χ2v) is 6.40. The summed E-state index contributed by atoms with van der Waals surface area (Å²) >= 11 is 0. The first-order chi connectivity index (χ1) is 13.7. The van der Waals surface area contributed by atoms with Gasteiger partial charge in [-0.3, -0.25) is 24.5 Å². The maximum atomic E-state index is 11.9. The van der Waals surface area contributed by atoms with E-state index in [1.807, 2.05) is 19.9 Å². The molecule has 0 radical (unpaired) electrons. The normalized spacial score (nSPS) is 10.1. The van der Waals surface area contributed by atoms with Gasteiger partial charge in [0.15, 0.2) is 6.61 Å². The lowest BCUT2D eigenvalue weighted by Crippen LogP contribution is -2.27. The quantitative estimate of drug-likeness (QED) is 0.399. The molecule has 0 aliphatic rings. The van der Waals surface area contributed by atoms with Crippen LogP contribution in [0.3, 0.4) is 0 Å². The fourth-order valence-electron chi connectivity index (χ4n) is 2.58. The number of amides is 2. The van der Waals surface area contributed by atoms with E-state index in [-0.39, 0.29) is 24.2 Å². The van der Waals surface area contributed by atoms with E-state index in [1.54, 1.807) is 12.1 Å². The van der Waals surface area contributed by atoms with Gasteiger partial charge in [0.2, 0.25) is 0 Å². The zero-order chi connectivity index (χ0) is 21.4. The maximum absolute atomic E-state index is 11.9. The van der Waals surface area contributed by atoms with Gasteiger partial charge in [-0.15, -0.1) is 0 Å². The molecule has 0 saturated heterocycles. The van der Waals surface area contributed by atoms with Gasteiger partial charge in [-0.1, -0.05) is 6.07 Å². The first-order valence-electron chi connectivity index (χ1n) is 8.81. The molecule has 2 aromatic rings. The molecule has 0 atom stereocenters. The van der Waals surface area contributed by atoms with Gasteiger partial charge in [0.05, 0.1) is 11.3 Å². The zero-order valence-corrected chi connectivity index (χ0v) is 16.1. The number of esters is 1. The molecule has 2 N–H and O–H groups in total. The summed E-state index contributed by atoms with van der Waals surface area (Å²) in [7, 11) is 0. The monoisotopic (exact) mass is 399 g/mol. The topological polar surface area (TPSA) is 128 Å². The van der Waals surface area contributed by atoms with E-state index in [0.29, 0.717) is 5.69 Å². The van der Waals surface area contributed by atoms with Gasteiger partial charge in [-0.25, -0.2) is 0 Å². The Bertz CT molecular complexity index is 904. The molecule has 9 heteroatoms. The number of nitro benzene ring substituents is 1. The van der Waals surface area contributed by atoms with Crippen LogP contribution in [0.25, 0.3) is 0 Å². The standard InChI is InChI=1S/C20H21N3O6/c1-13-9-14(2)11-16(10-13)22-18(24)12-29-19(25)7-8-21-20(26)15-3-5-17(6-4-15)23(27)28/h3-6,9-11H,7-8,12H2,1-2H3,(H,21,26)(H,22,24). The average Bonchev–Trinajstić information content (AvgIpc) is 2.65. The van der Waals surface area contributed by atoms with Crippen LogP contribution in [0.1, 0.15) is 27.9 Å². The van der Waals surface area contributed by atoms with Crippen LogP contribution < -0.4 is 10.6 Å². The lowest BCUT2D eigenvalue weighted by Gasteiger charge is -2.09. The number of hydrogen-bond donors (Lipinski definition) is 2. The Morgan fingerprint density at radius 2 is 1.66 bits per heavy atom. The molecule has 0 aliphatic carbocycles. The van der Waals surface area contributed by atoms with Crippen molar-refractivity contribution < 1.29 is 24.0 Å². The van der Waals surface area contributed by atoms with Gasteiger partial charge >= 0.3 is 5.97 Å². The van der Waals surface area contributed by atoms with Crippen LogP contribution in [-0.2, 0) is 14.3 Å². The first kappa shape index (κ1) is 21.5. The van der Waals surface area contributed by atoms with E-state index in [2.05, 4.69) is 10.6 Å².